The lowest BCUT2D eigenvalue weighted by Crippen LogP contribution is -2.30. The molecule has 6 heteroatoms. The number of hydrogen-bond acceptors (Lipinski definition) is 3. The number of amides is 1. The summed E-state index contributed by atoms with van der Waals surface area (Å²) in [6, 6.07) is 26.1. The second-order valence-electron chi connectivity index (χ2n) is 6.71. The standard InChI is InChI=1S/C23H24N2O3S/c1-2-29(27,28)25-21-15-9-14-20(17-21)23(26)24-22(19-12-7-4-8-13-19)16-18-10-5-3-6-11-18/h3-15,17,22,25H,2,16H2,1H3,(H,24,26). The van der Waals surface area contributed by atoms with E-state index in [1.807, 2.05) is 60.7 Å². The number of nitrogens with one attached hydrogen (secondary N) is 2. The van der Waals surface area contributed by atoms with Crippen molar-refractivity contribution in [2.75, 3.05) is 10.5 Å². The van der Waals surface area contributed by atoms with E-state index in [0.717, 1.165) is 11.1 Å². The van der Waals surface area contributed by atoms with Crippen LogP contribution in [0.25, 0.3) is 0 Å². The van der Waals surface area contributed by atoms with Gasteiger partial charge >= 0.3 is 0 Å². The van der Waals surface area contributed by atoms with Gasteiger partial charge in [0.25, 0.3) is 5.91 Å². The third-order valence-electron chi connectivity index (χ3n) is 4.57. The molecule has 0 bridgehead atoms. The molecule has 2 N–H and O–H groups in total. The van der Waals surface area contributed by atoms with Crippen LogP contribution in [0.2, 0.25) is 0 Å². The summed E-state index contributed by atoms with van der Waals surface area (Å²) in [7, 11) is -3.40. The minimum Gasteiger partial charge on any atom is -0.345 e. The van der Waals surface area contributed by atoms with Crippen molar-refractivity contribution < 1.29 is 13.2 Å². The zero-order chi connectivity index (χ0) is 20.7. The number of sulfonamides is 1. The summed E-state index contributed by atoms with van der Waals surface area (Å²) in [5, 5.41) is 3.09. The van der Waals surface area contributed by atoms with Crippen molar-refractivity contribution in [2.24, 2.45) is 0 Å². The van der Waals surface area contributed by atoms with Gasteiger partial charge in [0.15, 0.2) is 0 Å². The maximum Gasteiger partial charge on any atom is 0.251 e. The number of anilines is 1. The Morgan fingerprint density at radius 1 is 0.897 bits per heavy atom. The molecule has 0 saturated carbocycles. The topological polar surface area (TPSA) is 75.3 Å². The lowest BCUT2D eigenvalue weighted by Gasteiger charge is -2.20. The quantitative estimate of drug-likeness (QED) is 0.588. The Morgan fingerprint density at radius 3 is 2.21 bits per heavy atom. The van der Waals surface area contributed by atoms with Crippen molar-refractivity contribution in [3.63, 3.8) is 0 Å². The van der Waals surface area contributed by atoms with Gasteiger partial charge in [-0.05, 0) is 42.7 Å². The van der Waals surface area contributed by atoms with E-state index in [4.69, 9.17) is 0 Å². The molecule has 0 aliphatic heterocycles. The van der Waals surface area contributed by atoms with E-state index >= 15 is 0 Å². The summed E-state index contributed by atoms with van der Waals surface area (Å²) < 4.78 is 26.1. The molecule has 3 aromatic carbocycles. The van der Waals surface area contributed by atoms with Gasteiger partial charge in [-0.1, -0.05) is 66.7 Å². The van der Waals surface area contributed by atoms with Crippen molar-refractivity contribution in [2.45, 2.75) is 19.4 Å². The Hall–Kier alpha value is -3.12. The molecule has 0 spiro atoms. The molecule has 150 valence electrons. The van der Waals surface area contributed by atoms with E-state index < -0.39 is 10.0 Å². The van der Waals surface area contributed by atoms with Gasteiger partial charge in [-0.2, -0.15) is 0 Å². The molecule has 0 radical (unpaired) electrons. The van der Waals surface area contributed by atoms with E-state index in [9.17, 15) is 13.2 Å². The highest BCUT2D eigenvalue weighted by molar-refractivity contribution is 7.92. The Kier molecular flexibility index (Phi) is 6.67. The monoisotopic (exact) mass is 408 g/mol. The molecule has 3 aromatic rings. The normalized spacial score (nSPS) is 12.2. The smallest absolute Gasteiger partial charge is 0.251 e. The van der Waals surface area contributed by atoms with Gasteiger partial charge in [0.05, 0.1) is 11.8 Å². The molecular formula is C23H24N2O3S. The molecule has 1 unspecified atom stereocenters. The van der Waals surface area contributed by atoms with Crippen LogP contribution in [0.1, 0.15) is 34.5 Å². The molecule has 5 nitrogen and oxygen atoms in total. The van der Waals surface area contributed by atoms with E-state index in [1.165, 1.54) is 0 Å². The maximum absolute atomic E-state index is 12.9. The van der Waals surface area contributed by atoms with Crippen molar-refractivity contribution in [3.8, 4) is 0 Å². The Balaban J connectivity index is 1.81. The van der Waals surface area contributed by atoms with Crippen LogP contribution in [0.4, 0.5) is 5.69 Å². The minimum absolute atomic E-state index is 0.0312. The van der Waals surface area contributed by atoms with E-state index in [0.29, 0.717) is 17.7 Å². The average molecular weight is 409 g/mol. The van der Waals surface area contributed by atoms with Crippen molar-refractivity contribution in [1.82, 2.24) is 5.32 Å². The number of carbonyl (C=O) groups excluding carboxylic acids is 1. The lowest BCUT2D eigenvalue weighted by atomic mass is 9.98. The van der Waals surface area contributed by atoms with Gasteiger partial charge in [-0.3, -0.25) is 9.52 Å². The molecule has 0 saturated heterocycles. The molecule has 29 heavy (non-hydrogen) atoms. The van der Waals surface area contributed by atoms with Gasteiger partial charge in [0.2, 0.25) is 10.0 Å². The Bertz CT molecular complexity index is 1050. The summed E-state index contributed by atoms with van der Waals surface area (Å²) >= 11 is 0. The fraction of sp³-hybridized carbons (Fsp3) is 0.174. The second kappa shape index (κ2) is 9.39. The second-order valence-corrected chi connectivity index (χ2v) is 8.72. The van der Waals surface area contributed by atoms with Gasteiger partial charge < -0.3 is 5.32 Å². The third-order valence-corrected chi connectivity index (χ3v) is 5.87. The van der Waals surface area contributed by atoms with E-state index in [2.05, 4.69) is 10.0 Å². The first-order chi connectivity index (χ1) is 14.0. The zero-order valence-electron chi connectivity index (χ0n) is 16.2. The molecule has 0 aliphatic rings. The predicted octanol–water partition coefficient (Wildman–Crippen LogP) is 4.16. The predicted molar refractivity (Wildman–Crippen MR) is 116 cm³/mol. The van der Waals surface area contributed by atoms with Gasteiger partial charge in [0.1, 0.15) is 0 Å². The third kappa shape index (κ3) is 5.93. The Labute approximate surface area is 171 Å². The fourth-order valence-corrected chi connectivity index (χ4v) is 3.64. The van der Waals surface area contributed by atoms with E-state index in [-0.39, 0.29) is 17.7 Å². The van der Waals surface area contributed by atoms with Gasteiger partial charge in [-0.15, -0.1) is 0 Å². The highest BCUT2D eigenvalue weighted by Gasteiger charge is 2.17. The molecule has 0 fully saturated rings. The maximum atomic E-state index is 12.9. The summed E-state index contributed by atoms with van der Waals surface area (Å²) in [6.07, 6.45) is 0.652. The molecule has 0 aromatic heterocycles. The van der Waals surface area contributed by atoms with Crippen LogP contribution in [0, 0.1) is 0 Å². The van der Waals surface area contributed by atoms with Crippen LogP contribution in [-0.4, -0.2) is 20.1 Å². The highest BCUT2D eigenvalue weighted by atomic mass is 32.2. The van der Waals surface area contributed by atoms with Crippen LogP contribution in [-0.2, 0) is 16.4 Å². The van der Waals surface area contributed by atoms with Crippen molar-refractivity contribution in [3.05, 3.63) is 102 Å². The average Bonchev–Trinajstić information content (AvgIpc) is 2.74. The molecule has 1 atom stereocenters. The minimum atomic E-state index is -3.40. The SMILES string of the molecule is CCS(=O)(=O)Nc1cccc(C(=O)NC(Cc2ccccc2)c2ccccc2)c1. The van der Waals surface area contributed by atoms with Gasteiger partial charge in [-0.25, -0.2) is 8.42 Å². The first-order valence-corrected chi connectivity index (χ1v) is 11.1. The number of hydrogen-bond donors (Lipinski definition) is 2. The van der Waals surface area contributed by atoms with Crippen molar-refractivity contribution in [1.29, 1.82) is 0 Å². The molecule has 1 amide bonds. The highest BCUT2D eigenvalue weighted by Crippen LogP contribution is 2.20. The summed E-state index contributed by atoms with van der Waals surface area (Å²) in [5.74, 6) is -0.288. The van der Waals surface area contributed by atoms with E-state index in [1.54, 1.807) is 31.2 Å². The van der Waals surface area contributed by atoms with Crippen molar-refractivity contribution >= 4 is 21.6 Å². The number of rotatable bonds is 8. The van der Waals surface area contributed by atoms with Crippen LogP contribution in [0.5, 0.6) is 0 Å². The van der Waals surface area contributed by atoms with Crippen LogP contribution in [0.3, 0.4) is 0 Å². The number of benzene rings is 3. The molecule has 3 rings (SSSR count). The van der Waals surface area contributed by atoms with Gasteiger partial charge in [0, 0.05) is 11.3 Å². The first kappa shape index (κ1) is 20.6. The largest absolute Gasteiger partial charge is 0.345 e. The summed E-state index contributed by atoms with van der Waals surface area (Å²) in [5.41, 5.74) is 2.90. The fourth-order valence-electron chi connectivity index (χ4n) is 3.00. The molecule has 0 aliphatic carbocycles. The van der Waals surface area contributed by atoms with Crippen LogP contribution < -0.4 is 10.0 Å². The summed E-state index contributed by atoms with van der Waals surface area (Å²) in [6.45, 7) is 1.56. The lowest BCUT2D eigenvalue weighted by molar-refractivity contribution is 0.0936. The van der Waals surface area contributed by atoms with Crippen LogP contribution >= 0.6 is 0 Å². The molecule has 0 heterocycles. The van der Waals surface area contributed by atoms with Crippen LogP contribution in [0.15, 0.2) is 84.9 Å². The number of carbonyl (C=O) groups is 1. The molecular weight excluding hydrogens is 384 g/mol. The first-order valence-electron chi connectivity index (χ1n) is 9.47. The zero-order valence-corrected chi connectivity index (χ0v) is 17.0. The Morgan fingerprint density at radius 2 is 1.55 bits per heavy atom. The summed E-state index contributed by atoms with van der Waals surface area (Å²) in [4.78, 5) is 12.9.